The van der Waals surface area contributed by atoms with Crippen LogP contribution in [0.25, 0.3) is 11.0 Å². The third-order valence-corrected chi connectivity index (χ3v) is 3.66. The summed E-state index contributed by atoms with van der Waals surface area (Å²) in [6.45, 7) is 2.20. The number of rotatable bonds is 5. The maximum atomic E-state index is 11.6. The summed E-state index contributed by atoms with van der Waals surface area (Å²) < 4.78 is 22.4. The van der Waals surface area contributed by atoms with Crippen molar-refractivity contribution in [2.75, 3.05) is 6.61 Å². The van der Waals surface area contributed by atoms with Crippen LogP contribution in [0.5, 0.6) is 5.75 Å². The highest BCUT2D eigenvalue weighted by atomic mass is 79.9. The highest BCUT2D eigenvalue weighted by Crippen LogP contribution is 2.34. The van der Waals surface area contributed by atoms with E-state index in [0.717, 1.165) is 0 Å². The Morgan fingerprint density at radius 2 is 1.95 bits per heavy atom. The average Bonchev–Trinajstić information content (AvgIpc) is 2.38. The van der Waals surface area contributed by atoms with Gasteiger partial charge in [0.1, 0.15) is 5.52 Å². The maximum Gasteiger partial charge on any atom is 0.367 e. The fraction of sp³-hybridized carbons (Fsp3) is 0.273. The zero-order valence-corrected chi connectivity index (χ0v) is 13.1. The Morgan fingerprint density at radius 1 is 1.25 bits per heavy atom. The number of nitrogens with one attached hydrogen (secondary N) is 2. The molecular weight excluding hydrogens is 351 g/mol. The summed E-state index contributed by atoms with van der Waals surface area (Å²) in [4.78, 5) is 27.5. The van der Waals surface area contributed by atoms with Crippen molar-refractivity contribution in [3.8, 4) is 5.75 Å². The Hall–Kier alpha value is -1.37. The number of hydrogen-bond donors (Lipinski definition) is 2. The molecule has 1 unspecified atom stereocenters. The lowest BCUT2D eigenvalue weighted by Crippen LogP contribution is -2.29. The van der Waals surface area contributed by atoms with Crippen molar-refractivity contribution in [3.63, 3.8) is 0 Å². The molecule has 1 heterocycles. The molecule has 0 saturated carbocycles. The molecule has 0 aliphatic carbocycles. The highest BCUT2D eigenvalue weighted by Gasteiger charge is 2.11. The standard InChI is InChI=1S/C11H12BrN2O5P/c1-2-3-18-20(17)19-8-5-6(12)4-7-9(8)14-11(16)10(15)13-7/h4-5,20H,2-3H2,1H3,(H,13,15)(H,14,16). The van der Waals surface area contributed by atoms with Crippen LogP contribution in [-0.2, 0) is 9.09 Å². The van der Waals surface area contributed by atoms with Crippen LogP contribution in [-0.4, -0.2) is 16.6 Å². The van der Waals surface area contributed by atoms with E-state index >= 15 is 0 Å². The largest absolute Gasteiger partial charge is 0.424 e. The van der Waals surface area contributed by atoms with Gasteiger partial charge in [0.05, 0.1) is 12.1 Å². The molecule has 1 aromatic heterocycles. The van der Waals surface area contributed by atoms with Crippen LogP contribution < -0.4 is 15.6 Å². The van der Waals surface area contributed by atoms with Gasteiger partial charge in [0, 0.05) is 4.47 Å². The molecule has 1 aromatic carbocycles. The first-order valence-corrected chi connectivity index (χ1v) is 7.83. The van der Waals surface area contributed by atoms with Gasteiger partial charge in [-0.05, 0) is 18.6 Å². The van der Waals surface area contributed by atoms with E-state index in [1.807, 2.05) is 6.92 Å². The smallest absolute Gasteiger partial charge is 0.367 e. The number of benzene rings is 1. The zero-order chi connectivity index (χ0) is 14.7. The molecule has 0 bridgehead atoms. The van der Waals surface area contributed by atoms with Crippen molar-refractivity contribution in [1.29, 1.82) is 0 Å². The molecule has 0 amide bonds. The maximum absolute atomic E-state index is 11.6. The molecule has 0 radical (unpaired) electrons. The third-order valence-electron chi connectivity index (χ3n) is 2.38. The first-order chi connectivity index (χ1) is 9.51. The van der Waals surface area contributed by atoms with Crippen LogP contribution in [0.15, 0.2) is 26.2 Å². The number of hydrogen-bond acceptors (Lipinski definition) is 5. The number of H-pyrrole nitrogens is 2. The molecule has 0 aliphatic heterocycles. The molecule has 0 fully saturated rings. The first kappa shape index (κ1) is 15.0. The predicted octanol–water partition coefficient (Wildman–Crippen LogP) is 2.17. The van der Waals surface area contributed by atoms with Crippen LogP contribution >= 0.6 is 24.2 Å². The van der Waals surface area contributed by atoms with Crippen molar-refractivity contribution in [2.24, 2.45) is 0 Å². The molecule has 0 saturated heterocycles. The number of aromatic amines is 2. The normalized spacial score (nSPS) is 12.5. The molecule has 9 heteroatoms. The van der Waals surface area contributed by atoms with E-state index in [1.165, 1.54) is 6.07 Å². The molecule has 108 valence electrons. The summed E-state index contributed by atoms with van der Waals surface area (Å²) in [7, 11) is -2.72. The Labute approximate surface area is 122 Å². The molecule has 7 nitrogen and oxygen atoms in total. The lowest BCUT2D eigenvalue weighted by molar-refractivity contribution is 0.287. The molecule has 20 heavy (non-hydrogen) atoms. The summed E-state index contributed by atoms with van der Waals surface area (Å²) in [5.74, 6) is 0.169. The number of aromatic nitrogens is 2. The van der Waals surface area contributed by atoms with Crippen LogP contribution in [0.4, 0.5) is 0 Å². The lowest BCUT2D eigenvalue weighted by atomic mass is 10.3. The van der Waals surface area contributed by atoms with E-state index in [-0.39, 0.29) is 11.3 Å². The van der Waals surface area contributed by atoms with Gasteiger partial charge in [0.2, 0.25) is 0 Å². The van der Waals surface area contributed by atoms with Crippen molar-refractivity contribution in [2.45, 2.75) is 13.3 Å². The summed E-state index contributed by atoms with van der Waals surface area (Å²) in [6.07, 6.45) is 0.711. The Bertz CT molecular complexity index is 769. The zero-order valence-electron chi connectivity index (χ0n) is 10.5. The topological polar surface area (TPSA) is 101 Å². The lowest BCUT2D eigenvalue weighted by Gasteiger charge is -2.09. The van der Waals surface area contributed by atoms with Gasteiger partial charge in [0.15, 0.2) is 5.75 Å². The molecule has 0 spiro atoms. The van der Waals surface area contributed by atoms with Gasteiger partial charge in [-0.2, -0.15) is 0 Å². The monoisotopic (exact) mass is 362 g/mol. The Morgan fingerprint density at radius 3 is 2.65 bits per heavy atom. The van der Waals surface area contributed by atoms with Crippen LogP contribution in [0.1, 0.15) is 13.3 Å². The molecule has 0 aliphatic rings. The van der Waals surface area contributed by atoms with Crippen molar-refractivity contribution >= 4 is 35.2 Å². The Kier molecular flexibility index (Phi) is 4.80. The van der Waals surface area contributed by atoms with E-state index in [0.29, 0.717) is 23.0 Å². The average molecular weight is 363 g/mol. The first-order valence-electron chi connectivity index (χ1n) is 5.81. The van der Waals surface area contributed by atoms with E-state index in [1.54, 1.807) is 6.07 Å². The highest BCUT2D eigenvalue weighted by molar-refractivity contribution is 9.10. The third kappa shape index (κ3) is 3.39. The Balaban J connectivity index is 2.47. The van der Waals surface area contributed by atoms with Gasteiger partial charge < -0.3 is 19.0 Å². The minimum Gasteiger partial charge on any atom is -0.424 e. The van der Waals surface area contributed by atoms with Crippen LogP contribution in [0, 0.1) is 0 Å². The van der Waals surface area contributed by atoms with Gasteiger partial charge in [-0.1, -0.05) is 22.9 Å². The van der Waals surface area contributed by atoms with Crippen LogP contribution in [0.2, 0.25) is 0 Å². The molecular formula is C11H12BrN2O5P. The van der Waals surface area contributed by atoms with E-state index in [2.05, 4.69) is 25.9 Å². The second-order valence-electron chi connectivity index (χ2n) is 3.94. The fourth-order valence-corrected chi connectivity index (χ4v) is 2.75. The fourth-order valence-electron chi connectivity index (χ4n) is 1.54. The predicted molar refractivity (Wildman–Crippen MR) is 78.8 cm³/mol. The quantitative estimate of drug-likeness (QED) is 0.626. The van der Waals surface area contributed by atoms with E-state index < -0.39 is 19.4 Å². The van der Waals surface area contributed by atoms with Crippen molar-refractivity contribution in [3.05, 3.63) is 37.3 Å². The molecule has 2 N–H and O–H groups in total. The second-order valence-corrected chi connectivity index (χ2v) is 5.84. The summed E-state index contributed by atoms with van der Waals surface area (Å²) in [6, 6.07) is 3.14. The molecule has 2 aromatic rings. The molecule has 2 rings (SSSR count). The van der Waals surface area contributed by atoms with Gasteiger partial charge in [-0.3, -0.25) is 9.59 Å². The SMILES string of the molecule is CCCO[PH](=O)Oc1cc(Br)cc2[nH]c(=O)c(=O)[nH]c12. The van der Waals surface area contributed by atoms with Gasteiger partial charge in [0.25, 0.3) is 0 Å². The van der Waals surface area contributed by atoms with Crippen molar-refractivity contribution < 1.29 is 13.6 Å². The van der Waals surface area contributed by atoms with Crippen molar-refractivity contribution in [1.82, 2.24) is 9.97 Å². The van der Waals surface area contributed by atoms with Gasteiger partial charge in [-0.15, -0.1) is 0 Å². The second kappa shape index (κ2) is 6.39. The minimum absolute atomic E-state index is 0.169. The molecule has 1 atom stereocenters. The van der Waals surface area contributed by atoms with E-state index in [4.69, 9.17) is 9.05 Å². The summed E-state index contributed by atoms with van der Waals surface area (Å²) >= 11 is 3.24. The number of halogens is 1. The summed E-state index contributed by atoms with van der Waals surface area (Å²) in [5.41, 5.74) is -0.948. The van der Waals surface area contributed by atoms with E-state index in [9.17, 15) is 14.2 Å². The van der Waals surface area contributed by atoms with Gasteiger partial charge >= 0.3 is 19.4 Å². The number of fused-ring (bicyclic) bond motifs is 1. The van der Waals surface area contributed by atoms with Gasteiger partial charge in [-0.25, -0.2) is 4.57 Å². The minimum atomic E-state index is -2.72. The van der Waals surface area contributed by atoms with Crippen LogP contribution in [0.3, 0.4) is 0 Å². The summed E-state index contributed by atoms with van der Waals surface area (Å²) in [5, 5.41) is 0.